The number of carbonyl (C=O) groups is 1. The summed E-state index contributed by atoms with van der Waals surface area (Å²) in [5, 5.41) is 3.05. The Kier molecular flexibility index (Phi) is 7.48. The van der Waals surface area contributed by atoms with E-state index in [1.54, 1.807) is 0 Å². The van der Waals surface area contributed by atoms with Gasteiger partial charge in [0.15, 0.2) is 0 Å². The number of likely N-dealkylation sites (N-methyl/N-ethyl adjacent to an activating group) is 1. The molecule has 0 spiro atoms. The fraction of sp³-hybridized carbons (Fsp3) is 0.933. The normalized spacial score (nSPS) is 20.9. The Balaban J connectivity index is 2.18. The van der Waals surface area contributed by atoms with Crippen LogP contribution in [0.4, 0.5) is 0 Å². The van der Waals surface area contributed by atoms with Crippen molar-refractivity contribution < 1.29 is 4.79 Å². The van der Waals surface area contributed by atoms with Crippen LogP contribution >= 0.6 is 0 Å². The third-order valence-corrected chi connectivity index (χ3v) is 4.34. The summed E-state index contributed by atoms with van der Waals surface area (Å²) in [7, 11) is 4.23. The fourth-order valence-electron chi connectivity index (χ4n) is 2.40. The number of hydrogen-bond acceptors (Lipinski definition) is 4. The lowest BCUT2D eigenvalue weighted by Crippen LogP contribution is -2.43. The predicted octanol–water partition coefficient (Wildman–Crippen LogP) is 0.360. The van der Waals surface area contributed by atoms with Crippen LogP contribution in [0.5, 0.6) is 0 Å². The molecule has 1 rings (SSSR count). The Morgan fingerprint density at radius 1 is 1.35 bits per heavy atom. The van der Waals surface area contributed by atoms with Crippen LogP contribution in [0.3, 0.4) is 0 Å². The van der Waals surface area contributed by atoms with Crippen molar-refractivity contribution in [2.75, 3.05) is 46.8 Å². The van der Waals surface area contributed by atoms with Crippen LogP contribution in [0.1, 0.15) is 26.7 Å². The number of nitrogens with one attached hydrogen (secondary N) is 1. The first-order valence-electron chi connectivity index (χ1n) is 7.80. The van der Waals surface area contributed by atoms with Crippen LogP contribution in [0.2, 0.25) is 0 Å². The second-order valence-electron chi connectivity index (χ2n) is 6.48. The molecule has 20 heavy (non-hydrogen) atoms. The van der Waals surface area contributed by atoms with Crippen LogP contribution in [-0.4, -0.2) is 68.6 Å². The van der Waals surface area contributed by atoms with E-state index in [4.69, 9.17) is 5.73 Å². The number of likely N-dealkylation sites (tertiary alicyclic amines) is 1. The SMILES string of the molecule is CC(N)C(C)C(=O)NCC1CCN(CCN(C)C)CC1. The van der Waals surface area contributed by atoms with Gasteiger partial charge in [0.1, 0.15) is 0 Å². The van der Waals surface area contributed by atoms with Crippen molar-refractivity contribution in [2.45, 2.75) is 32.7 Å². The smallest absolute Gasteiger partial charge is 0.224 e. The Morgan fingerprint density at radius 2 is 1.95 bits per heavy atom. The summed E-state index contributed by atoms with van der Waals surface area (Å²) < 4.78 is 0. The van der Waals surface area contributed by atoms with Gasteiger partial charge >= 0.3 is 0 Å². The molecule has 1 fully saturated rings. The minimum atomic E-state index is -0.102. The highest BCUT2D eigenvalue weighted by Crippen LogP contribution is 2.16. The summed E-state index contributed by atoms with van der Waals surface area (Å²) >= 11 is 0. The highest BCUT2D eigenvalue weighted by atomic mass is 16.1. The van der Waals surface area contributed by atoms with Gasteiger partial charge in [-0.1, -0.05) is 6.92 Å². The van der Waals surface area contributed by atoms with Crippen molar-refractivity contribution in [3.8, 4) is 0 Å². The zero-order valence-electron chi connectivity index (χ0n) is 13.6. The molecule has 0 saturated carbocycles. The first-order valence-corrected chi connectivity index (χ1v) is 7.80. The topological polar surface area (TPSA) is 61.6 Å². The van der Waals surface area contributed by atoms with Crippen molar-refractivity contribution in [1.29, 1.82) is 0 Å². The molecule has 1 amide bonds. The largest absolute Gasteiger partial charge is 0.356 e. The molecular formula is C15H32N4O. The summed E-state index contributed by atoms with van der Waals surface area (Å²) in [5.41, 5.74) is 5.75. The van der Waals surface area contributed by atoms with Crippen molar-refractivity contribution in [2.24, 2.45) is 17.6 Å². The number of piperidine rings is 1. The minimum Gasteiger partial charge on any atom is -0.356 e. The fourth-order valence-corrected chi connectivity index (χ4v) is 2.40. The van der Waals surface area contributed by atoms with Crippen molar-refractivity contribution in [3.63, 3.8) is 0 Å². The van der Waals surface area contributed by atoms with E-state index in [0.717, 1.165) is 32.7 Å². The number of hydrogen-bond donors (Lipinski definition) is 2. The Labute approximate surface area is 123 Å². The van der Waals surface area contributed by atoms with Crippen LogP contribution in [0.15, 0.2) is 0 Å². The van der Waals surface area contributed by atoms with Crippen LogP contribution in [0, 0.1) is 11.8 Å². The average Bonchev–Trinajstić information content (AvgIpc) is 2.42. The van der Waals surface area contributed by atoms with Gasteiger partial charge in [-0.3, -0.25) is 4.79 Å². The molecule has 2 atom stereocenters. The average molecular weight is 284 g/mol. The van der Waals surface area contributed by atoms with E-state index >= 15 is 0 Å². The maximum absolute atomic E-state index is 11.9. The number of amides is 1. The van der Waals surface area contributed by atoms with Gasteiger partial charge in [-0.15, -0.1) is 0 Å². The first-order chi connectivity index (χ1) is 9.40. The standard InChI is InChI=1S/C15H32N4O/c1-12(13(2)16)15(20)17-11-14-5-7-19(8-6-14)10-9-18(3)4/h12-14H,5-11,16H2,1-4H3,(H,17,20). The maximum Gasteiger partial charge on any atom is 0.224 e. The molecule has 0 aromatic rings. The van der Waals surface area contributed by atoms with E-state index < -0.39 is 0 Å². The van der Waals surface area contributed by atoms with E-state index in [2.05, 4.69) is 29.2 Å². The molecule has 0 aromatic heterocycles. The van der Waals surface area contributed by atoms with E-state index in [1.807, 2.05) is 13.8 Å². The van der Waals surface area contributed by atoms with Gasteiger partial charge in [0.05, 0.1) is 0 Å². The summed E-state index contributed by atoms with van der Waals surface area (Å²) in [4.78, 5) is 16.6. The molecule has 5 heteroatoms. The second-order valence-corrected chi connectivity index (χ2v) is 6.48. The molecule has 2 unspecified atom stereocenters. The molecule has 1 heterocycles. The number of nitrogens with two attached hydrogens (primary N) is 1. The third kappa shape index (κ3) is 6.20. The van der Waals surface area contributed by atoms with E-state index in [1.165, 1.54) is 12.8 Å². The van der Waals surface area contributed by atoms with Gasteiger partial charge in [0.25, 0.3) is 0 Å². The van der Waals surface area contributed by atoms with Crippen LogP contribution in [0.25, 0.3) is 0 Å². The lowest BCUT2D eigenvalue weighted by Gasteiger charge is -2.32. The molecule has 3 N–H and O–H groups in total. The van der Waals surface area contributed by atoms with E-state index in [0.29, 0.717) is 5.92 Å². The monoisotopic (exact) mass is 284 g/mol. The molecular weight excluding hydrogens is 252 g/mol. The molecule has 1 aliphatic heterocycles. The molecule has 118 valence electrons. The van der Waals surface area contributed by atoms with Crippen LogP contribution in [-0.2, 0) is 4.79 Å². The van der Waals surface area contributed by atoms with Crippen molar-refractivity contribution in [3.05, 3.63) is 0 Å². The summed E-state index contributed by atoms with van der Waals surface area (Å²) in [6.45, 7) is 9.14. The van der Waals surface area contributed by atoms with Gasteiger partial charge in [-0.05, 0) is 52.9 Å². The summed E-state index contributed by atoms with van der Waals surface area (Å²) in [6, 6.07) is -0.0807. The van der Waals surface area contributed by atoms with Gasteiger partial charge in [0, 0.05) is 31.6 Å². The number of carbonyl (C=O) groups excluding carboxylic acids is 1. The van der Waals surface area contributed by atoms with E-state index in [9.17, 15) is 4.79 Å². The zero-order valence-corrected chi connectivity index (χ0v) is 13.6. The summed E-state index contributed by atoms with van der Waals surface area (Å²) in [6.07, 6.45) is 2.36. The van der Waals surface area contributed by atoms with Gasteiger partial charge in [-0.25, -0.2) is 0 Å². The number of nitrogens with zero attached hydrogens (tertiary/aromatic N) is 2. The Morgan fingerprint density at radius 3 is 2.45 bits per heavy atom. The zero-order chi connectivity index (χ0) is 15.1. The van der Waals surface area contributed by atoms with Gasteiger partial charge in [0.2, 0.25) is 5.91 Å². The lowest BCUT2D eigenvalue weighted by atomic mass is 9.96. The van der Waals surface area contributed by atoms with Crippen LogP contribution < -0.4 is 11.1 Å². The second kappa shape index (κ2) is 8.60. The lowest BCUT2D eigenvalue weighted by molar-refractivity contribution is -0.125. The molecule has 0 aliphatic carbocycles. The maximum atomic E-state index is 11.9. The molecule has 1 aliphatic rings. The minimum absolute atomic E-state index is 0.0807. The molecule has 0 aromatic carbocycles. The van der Waals surface area contributed by atoms with E-state index in [-0.39, 0.29) is 17.9 Å². The van der Waals surface area contributed by atoms with Crippen molar-refractivity contribution >= 4 is 5.91 Å². The molecule has 0 bridgehead atoms. The van der Waals surface area contributed by atoms with Gasteiger partial charge < -0.3 is 20.9 Å². The first kappa shape index (κ1) is 17.4. The quantitative estimate of drug-likeness (QED) is 0.709. The molecule has 5 nitrogen and oxygen atoms in total. The van der Waals surface area contributed by atoms with Crippen molar-refractivity contribution in [1.82, 2.24) is 15.1 Å². The molecule has 0 radical (unpaired) electrons. The third-order valence-electron chi connectivity index (χ3n) is 4.34. The summed E-state index contributed by atoms with van der Waals surface area (Å²) in [5.74, 6) is 0.611. The number of rotatable bonds is 7. The van der Waals surface area contributed by atoms with Gasteiger partial charge in [-0.2, -0.15) is 0 Å². The Bertz CT molecular complexity index is 286. The highest BCUT2D eigenvalue weighted by molar-refractivity contribution is 5.78. The predicted molar refractivity (Wildman–Crippen MR) is 83.5 cm³/mol. The Hall–Kier alpha value is -0.650. The highest BCUT2D eigenvalue weighted by Gasteiger charge is 2.21. The molecule has 1 saturated heterocycles.